The maximum absolute atomic E-state index is 12.1. The number of carbonyl (C=O) groups excluding carboxylic acids is 1. The van der Waals surface area contributed by atoms with Gasteiger partial charge in [-0.3, -0.25) is 9.89 Å². The summed E-state index contributed by atoms with van der Waals surface area (Å²) >= 11 is 0. The second-order valence-corrected chi connectivity index (χ2v) is 5.82. The summed E-state index contributed by atoms with van der Waals surface area (Å²) in [6.07, 6.45) is 5.58. The molecule has 0 atom stereocenters. The van der Waals surface area contributed by atoms with E-state index < -0.39 is 0 Å². The highest BCUT2D eigenvalue weighted by Crippen LogP contribution is 2.41. The van der Waals surface area contributed by atoms with Gasteiger partial charge in [0.05, 0.1) is 14.2 Å². The number of methoxy groups -OCH3 is 2. The van der Waals surface area contributed by atoms with Crippen molar-refractivity contribution in [2.24, 2.45) is 0 Å². The average Bonchev–Trinajstić information content (AvgIpc) is 3.38. The largest absolute Gasteiger partial charge is 0.493 e. The maximum Gasteiger partial charge on any atom is 0.249 e. The van der Waals surface area contributed by atoms with Crippen LogP contribution in [0.15, 0.2) is 24.3 Å². The van der Waals surface area contributed by atoms with Crippen LogP contribution in [0.1, 0.15) is 35.6 Å². The van der Waals surface area contributed by atoms with Gasteiger partial charge >= 0.3 is 0 Å². The molecule has 0 radical (unpaired) electrons. The second kappa shape index (κ2) is 6.78. The topological polar surface area (TPSA) is 76.2 Å². The molecule has 1 amide bonds. The first-order valence-corrected chi connectivity index (χ1v) is 7.88. The van der Waals surface area contributed by atoms with Gasteiger partial charge in [-0.1, -0.05) is 6.07 Å². The van der Waals surface area contributed by atoms with Gasteiger partial charge in [0.1, 0.15) is 0 Å². The summed E-state index contributed by atoms with van der Waals surface area (Å²) in [6, 6.07) is 5.47. The lowest BCUT2D eigenvalue weighted by atomic mass is 10.2. The Morgan fingerprint density at radius 1 is 1.29 bits per heavy atom. The van der Waals surface area contributed by atoms with Crippen molar-refractivity contribution >= 4 is 17.8 Å². The fourth-order valence-electron chi connectivity index (χ4n) is 2.59. The van der Waals surface area contributed by atoms with Crippen LogP contribution in [0.5, 0.6) is 11.5 Å². The Morgan fingerprint density at radius 2 is 2.04 bits per heavy atom. The van der Waals surface area contributed by atoms with Crippen LogP contribution < -0.4 is 14.8 Å². The van der Waals surface area contributed by atoms with E-state index in [1.165, 1.54) is 18.9 Å². The summed E-state index contributed by atoms with van der Waals surface area (Å²) < 4.78 is 10.4. The van der Waals surface area contributed by atoms with E-state index in [2.05, 4.69) is 15.5 Å². The highest BCUT2D eigenvalue weighted by molar-refractivity contribution is 6.01. The summed E-state index contributed by atoms with van der Waals surface area (Å²) in [4.78, 5) is 12.1. The summed E-state index contributed by atoms with van der Waals surface area (Å²) in [5.41, 5.74) is 3.00. The Kier molecular flexibility index (Phi) is 4.55. The number of anilines is 1. The number of hydrogen-bond acceptors (Lipinski definition) is 4. The van der Waals surface area contributed by atoms with E-state index in [-0.39, 0.29) is 5.91 Å². The van der Waals surface area contributed by atoms with Gasteiger partial charge in [-0.05, 0) is 43.5 Å². The maximum atomic E-state index is 12.1. The van der Waals surface area contributed by atoms with Gasteiger partial charge in [-0.2, -0.15) is 5.10 Å². The molecular weight excluding hydrogens is 306 g/mol. The summed E-state index contributed by atoms with van der Waals surface area (Å²) in [6.45, 7) is 1.98. The van der Waals surface area contributed by atoms with Crippen molar-refractivity contribution in [1.82, 2.24) is 10.2 Å². The first-order chi connectivity index (χ1) is 11.6. The Labute approximate surface area is 140 Å². The first kappa shape index (κ1) is 16.1. The summed E-state index contributed by atoms with van der Waals surface area (Å²) in [7, 11) is 3.17. The molecule has 0 saturated heterocycles. The number of carbonyl (C=O) groups is 1. The standard InChI is InChI=1S/C18H21N3O3/c1-11-17(13-6-7-13)20-21-18(11)19-16(22)9-5-12-4-8-14(23-2)15(10-12)24-3/h4-5,8-10,13H,6-7H2,1-3H3,(H2,19,20,21,22)/b9-5-. The van der Waals surface area contributed by atoms with Crippen LogP contribution in [0.2, 0.25) is 0 Å². The van der Waals surface area contributed by atoms with E-state index in [1.807, 2.05) is 19.1 Å². The number of H-pyrrole nitrogens is 1. The van der Waals surface area contributed by atoms with Crippen molar-refractivity contribution in [2.45, 2.75) is 25.7 Å². The van der Waals surface area contributed by atoms with Crippen LogP contribution in [0, 0.1) is 6.92 Å². The van der Waals surface area contributed by atoms with Crippen LogP contribution in [-0.2, 0) is 4.79 Å². The Bertz CT molecular complexity index is 776. The Hall–Kier alpha value is -2.76. The number of ether oxygens (including phenoxy) is 2. The SMILES string of the molecule is COc1ccc(/C=C\C(=O)Nc2n[nH]c(C3CC3)c2C)cc1OC. The molecule has 126 valence electrons. The fraction of sp³-hybridized carbons (Fsp3) is 0.333. The van der Waals surface area contributed by atoms with E-state index in [0.717, 1.165) is 16.8 Å². The van der Waals surface area contributed by atoms with Gasteiger partial charge in [0.15, 0.2) is 17.3 Å². The van der Waals surface area contributed by atoms with Gasteiger partial charge in [0, 0.05) is 23.3 Å². The van der Waals surface area contributed by atoms with Gasteiger partial charge in [0.25, 0.3) is 0 Å². The van der Waals surface area contributed by atoms with Crippen LogP contribution in [0.3, 0.4) is 0 Å². The third kappa shape index (κ3) is 3.42. The van der Waals surface area contributed by atoms with Crippen molar-refractivity contribution in [3.05, 3.63) is 41.1 Å². The molecule has 3 rings (SSSR count). The van der Waals surface area contributed by atoms with E-state index in [0.29, 0.717) is 23.2 Å². The normalized spacial score (nSPS) is 14.0. The molecule has 1 heterocycles. The van der Waals surface area contributed by atoms with E-state index in [4.69, 9.17) is 9.47 Å². The highest BCUT2D eigenvalue weighted by Gasteiger charge is 2.28. The minimum Gasteiger partial charge on any atom is -0.493 e. The predicted octanol–water partition coefficient (Wildman–Crippen LogP) is 3.26. The molecule has 0 unspecified atom stereocenters. The van der Waals surface area contributed by atoms with Gasteiger partial charge in [-0.25, -0.2) is 0 Å². The molecule has 0 spiro atoms. The van der Waals surface area contributed by atoms with Crippen molar-refractivity contribution < 1.29 is 14.3 Å². The van der Waals surface area contributed by atoms with Crippen LogP contribution in [0.4, 0.5) is 5.82 Å². The van der Waals surface area contributed by atoms with E-state index >= 15 is 0 Å². The number of aromatic amines is 1. The lowest BCUT2D eigenvalue weighted by Gasteiger charge is -2.07. The number of nitrogens with zero attached hydrogens (tertiary/aromatic N) is 1. The number of amides is 1. The third-order valence-electron chi connectivity index (χ3n) is 4.11. The zero-order valence-electron chi connectivity index (χ0n) is 14.1. The van der Waals surface area contributed by atoms with E-state index in [1.54, 1.807) is 26.4 Å². The molecule has 1 aromatic carbocycles. The zero-order chi connectivity index (χ0) is 17.1. The van der Waals surface area contributed by atoms with Crippen molar-refractivity contribution in [2.75, 3.05) is 19.5 Å². The summed E-state index contributed by atoms with van der Waals surface area (Å²) in [5, 5.41) is 10.0. The molecule has 1 aromatic heterocycles. The van der Waals surface area contributed by atoms with Crippen molar-refractivity contribution in [3.63, 3.8) is 0 Å². The molecule has 24 heavy (non-hydrogen) atoms. The predicted molar refractivity (Wildman–Crippen MR) is 92.5 cm³/mol. The zero-order valence-corrected chi connectivity index (χ0v) is 14.1. The number of nitrogens with one attached hydrogen (secondary N) is 2. The molecule has 1 aliphatic rings. The van der Waals surface area contributed by atoms with Crippen LogP contribution in [0.25, 0.3) is 6.08 Å². The Morgan fingerprint density at radius 3 is 2.71 bits per heavy atom. The van der Waals surface area contributed by atoms with Gasteiger partial charge in [-0.15, -0.1) is 0 Å². The van der Waals surface area contributed by atoms with Crippen LogP contribution >= 0.6 is 0 Å². The lowest BCUT2D eigenvalue weighted by molar-refractivity contribution is -0.111. The first-order valence-electron chi connectivity index (χ1n) is 7.88. The molecular formula is C18H21N3O3. The number of benzene rings is 1. The summed E-state index contributed by atoms with van der Waals surface area (Å²) in [5.74, 6) is 2.22. The smallest absolute Gasteiger partial charge is 0.249 e. The number of aromatic nitrogens is 2. The van der Waals surface area contributed by atoms with Crippen LogP contribution in [-0.4, -0.2) is 30.3 Å². The molecule has 2 aromatic rings. The number of hydrogen-bond donors (Lipinski definition) is 2. The van der Waals surface area contributed by atoms with Gasteiger partial charge < -0.3 is 14.8 Å². The average molecular weight is 327 g/mol. The highest BCUT2D eigenvalue weighted by atomic mass is 16.5. The monoisotopic (exact) mass is 327 g/mol. The molecule has 2 N–H and O–H groups in total. The van der Waals surface area contributed by atoms with Gasteiger partial charge in [0.2, 0.25) is 5.91 Å². The molecule has 1 saturated carbocycles. The molecule has 6 heteroatoms. The lowest BCUT2D eigenvalue weighted by Crippen LogP contribution is -2.09. The minimum atomic E-state index is -0.221. The fourth-order valence-corrected chi connectivity index (χ4v) is 2.59. The third-order valence-corrected chi connectivity index (χ3v) is 4.11. The van der Waals surface area contributed by atoms with Crippen molar-refractivity contribution in [1.29, 1.82) is 0 Å². The molecule has 6 nitrogen and oxygen atoms in total. The van der Waals surface area contributed by atoms with E-state index in [9.17, 15) is 4.79 Å². The molecule has 0 bridgehead atoms. The Balaban J connectivity index is 1.67. The quantitative estimate of drug-likeness (QED) is 0.799. The minimum absolute atomic E-state index is 0.221. The molecule has 0 aliphatic heterocycles. The second-order valence-electron chi connectivity index (χ2n) is 5.82. The molecule has 1 aliphatic carbocycles. The molecule has 1 fully saturated rings. The van der Waals surface area contributed by atoms with Crippen molar-refractivity contribution in [3.8, 4) is 11.5 Å². The number of rotatable bonds is 6.